The van der Waals surface area contributed by atoms with E-state index in [1.54, 1.807) is 13.8 Å². The lowest BCUT2D eigenvalue weighted by atomic mass is 10.1. The van der Waals surface area contributed by atoms with E-state index in [0.29, 0.717) is 0 Å². The minimum Gasteiger partial charge on any atom is -0.481 e. The van der Waals surface area contributed by atoms with Gasteiger partial charge in [0.2, 0.25) is 0 Å². The zero-order chi connectivity index (χ0) is 6.73. The Morgan fingerprint density at radius 2 is 2.00 bits per heavy atom. The van der Waals surface area contributed by atoms with Crippen LogP contribution in [0.3, 0.4) is 0 Å². The average molecular weight is 117 g/mol. The molecule has 0 saturated carbocycles. The highest BCUT2D eigenvalue weighted by molar-refractivity contribution is 5.70. The van der Waals surface area contributed by atoms with Crippen molar-refractivity contribution < 1.29 is 9.90 Å². The molecule has 0 radical (unpaired) electrons. The molecule has 3 heteroatoms. The molecule has 0 aliphatic rings. The van der Waals surface area contributed by atoms with E-state index >= 15 is 0 Å². The van der Waals surface area contributed by atoms with E-state index in [2.05, 4.69) is 0 Å². The second-order valence-electron chi connectivity index (χ2n) is 1.99. The zero-order valence-electron chi connectivity index (χ0n) is 5.09. The van der Waals surface area contributed by atoms with Crippen LogP contribution in [0.2, 0.25) is 0 Å². The minimum atomic E-state index is -0.833. The highest BCUT2D eigenvalue weighted by Crippen LogP contribution is 1.97. The molecule has 0 aromatic carbocycles. The molecule has 0 heterocycles. The Kier molecular flexibility index (Phi) is 2.48. The maximum atomic E-state index is 10.1. The van der Waals surface area contributed by atoms with Crippen LogP contribution in [0.25, 0.3) is 0 Å². The SMILES string of the molecule is C[C@@H](N)[C@@H](C)C(=O)O. The van der Waals surface area contributed by atoms with Crippen LogP contribution in [0.1, 0.15) is 13.8 Å². The van der Waals surface area contributed by atoms with Gasteiger partial charge in [0.1, 0.15) is 0 Å². The lowest BCUT2D eigenvalue weighted by Gasteiger charge is -2.07. The Morgan fingerprint density at radius 1 is 1.62 bits per heavy atom. The summed E-state index contributed by atoms with van der Waals surface area (Å²) in [7, 11) is 0. The molecule has 0 aliphatic carbocycles. The topological polar surface area (TPSA) is 63.3 Å². The molecular weight excluding hydrogens is 106 g/mol. The van der Waals surface area contributed by atoms with Gasteiger partial charge in [0.05, 0.1) is 5.92 Å². The number of nitrogens with two attached hydrogens (primary N) is 1. The van der Waals surface area contributed by atoms with Crippen LogP contribution in [0, 0.1) is 5.92 Å². The molecule has 0 aliphatic heterocycles. The van der Waals surface area contributed by atoms with Crippen molar-refractivity contribution in [3.8, 4) is 0 Å². The fraction of sp³-hybridized carbons (Fsp3) is 0.800. The first kappa shape index (κ1) is 7.43. The molecule has 48 valence electrons. The van der Waals surface area contributed by atoms with Gasteiger partial charge in [-0.05, 0) is 6.92 Å². The summed E-state index contributed by atoms with van der Waals surface area (Å²) in [6.45, 7) is 3.27. The molecule has 0 saturated heterocycles. The Morgan fingerprint density at radius 3 is 2.00 bits per heavy atom. The van der Waals surface area contributed by atoms with E-state index in [-0.39, 0.29) is 6.04 Å². The van der Waals surface area contributed by atoms with Gasteiger partial charge in [-0.1, -0.05) is 6.92 Å². The number of carbonyl (C=O) groups is 1. The predicted octanol–water partition coefficient (Wildman–Crippen LogP) is 0.0543. The molecule has 0 bridgehead atoms. The van der Waals surface area contributed by atoms with Gasteiger partial charge in [0.25, 0.3) is 0 Å². The summed E-state index contributed by atoms with van der Waals surface area (Å²) in [5, 5.41) is 8.27. The van der Waals surface area contributed by atoms with Gasteiger partial charge in [-0.2, -0.15) is 0 Å². The summed E-state index contributed by atoms with van der Waals surface area (Å²) < 4.78 is 0. The molecule has 2 atom stereocenters. The first-order valence-electron chi connectivity index (χ1n) is 2.54. The standard InChI is InChI=1S/C5H11NO2/c1-3(4(2)6)5(7)8/h3-4H,6H2,1-2H3,(H,7,8)/t3-,4-/m1/s1. The van der Waals surface area contributed by atoms with Crippen LogP contribution in [-0.2, 0) is 4.79 Å². The Hall–Kier alpha value is -0.570. The molecule has 8 heavy (non-hydrogen) atoms. The Balaban J connectivity index is 3.64. The number of rotatable bonds is 2. The van der Waals surface area contributed by atoms with Crippen LogP contribution in [0.15, 0.2) is 0 Å². The van der Waals surface area contributed by atoms with Crippen molar-refractivity contribution in [2.45, 2.75) is 19.9 Å². The summed E-state index contributed by atoms with van der Waals surface area (Å²) in [6, 6.07) is -0.257. The molecule has 0 rings (SSSR count). The van der Waals surface area contributed by atoms with Crippen molar-refractivity contribution in [3.63, 3.8) is 0 Å². The van der Waals surface area contributed by atoms with Crippen molar-refractivity contribution in [2.75, 3.05) is 0 Å². The molecule has 0 amide bonds. The van der Waals surface area contributed by atoms with Gasteiger partial charge >= 0.3 is 5.97 Å². The lowest BCUT2D eigenvalue weighted by molar-refractivity contribution is -0.141. The van der Waals surface area contributed by atoms with Crippen LogP contribution in [-0.4, -0.2) is 17.1 Å². The van der Waals surface area contributed by atoms with Crippen LogP contribution in [0.5, 0.6) is 0 Å². The summed E-state index contributed by atoms with van der Waals surface area (Å²) in [5.41, 5.74) is 5.26. The first-order valence-corrected chi connectivity index (χ1v) is 2.54. The molecule has 3 N–H and O–H groups in total. The van der Waals surface area contributed by atoms with Gasteiger partial charge in [0.15, 0.2) is 0 Å². The van der Waals surface area contributed by atoms with Crippen molar-refractivity contribution in [1.82, 2.24) is 0 Å². The van der Waals surface area contributed by atoms with E-state index in [1.807, 2.05) is 0 Å². The van der Waals surface area contributed by atoms with Crippen LogP contribution >= 0.6 is 0 Å². The van der Waals surface area contributed by atoms with Gasteiger partial charge < -0.3 is 10.8 Å². The number of carboxylic acids is 1. The van der Waals surface area contributed by atoms with E-state index in [9.17, 15) is 4.79 Å². The molecule has 0 aromatic rings. The third kappa shape index (κ3) is 1.93. The molecule has 0 fully saturated rings. The Bertz CT molecular complexity index is 90.4. The summed E-state index contributed by atoms with van der Waals surface area (Å²) in [5.74, 6) is -1.27. The number of aliphatic carboxylic acids is 1. The normalized spacial score (nSPS) is 17.4. The average Bonchev–Trinajstić information content (AvgIpc) is 1.64. The maximum absolute atomic E-state index is 10.1. The summed E-state index contributed by atoms with van der Waals surface area (Å²) >= 11 is 0. The maximum Gasteiger partial charge on any atom is 0.307 e. The van der Waals surface area contributed by atoms with E-state index in [0.717, 1.165) is 0 Å². The van der Waals surface area contributed by atoms with E-state index in [4.69, 9.17) is 10.8 Å². The van der Waals surface area contributed by atoms with Gasteiger partial charge in [-0.25, -0.2) is 0 Å². The Labute approximate surface area is 48.5 Å². The fourth-order valence-electron chi connectivity index (χ4n) is 0.225. The monoisotopic (exact) mass is 117 g/mol. The summed E-state index contributed by atoms with van der Waals surface area (Å²) in [6.07, 6.45) is 0. The van der Waals surface area contributed by atoms with Gasteiger partial charge in [-0.15, -0.1) is 0 Å². The van der Waals surface area contributed by atoms with Gasteiger partial charge in [0, 0.05) is 6.04 Å². The highest BCUT2D eigenvalue weighted by atomic mass is 16.4. The smallest absolute Gasteiger partial charge is 0.307 e. The number of carboxylic acid groups (broad SMARTS) is 1. The molecule has 0 spiro atoms. The van der Waals surface area contributed by atoms with Gasteiger partial charge in [-0.3, -0.25) is 4.79 Å². The van der Waals surface area contributed by atoms with Crippen molar-refractivity contribution in [2.24, 2.45) is 11.7 Å². The van der Waals surface area contributed by atoms with Crippen molar-refractivity contribution in [3.05, 3.63) is 0 Å². The second kappa shape index (κ2) is 2.67. The minimum absolute atomic E-state index is 0.257. The third-order valence-electron chi connectivity index (χ3n) is 1.18. The molecule has 0 unspecified atom stereocenters. The predicted molar refractivity (Wildman–Crippen MR) is 30.4 cm³/mol. The summed E-state index contributed by atoms with van der Waals surface area (Å²) in [4.78, 5) is 10.1. The molecule has 0 aromatic heterocycles. The highest BCUT2D eigenvalue weighted by Gasteiger charge is 2.14. The van der Waals surface area contributed by atoms with Crippen LogP contribution in [0.4, 0.5) is 0 Å². The quantitative estimate of drug-likeness (QED) is 0.537. The van der Waals surface area contributed by atoms with Crippen molar-refractivity contribution >= 4 is 5.97 Å². The fourth-order valence-corrected chi connectivity index (χ4v) is 0.225. The number of hydrogen-bond acceptors (Lipinski definition) is 2. The number of hydrogen-bond donors (Lipinski definition) is 2. The van der Waals surface area contributed by atoms with E-state index in [1.165, 1.54) is 0 Å². The second-order valence-corrected chi connectivity index (χ2v) is 1.99. The largest absolute Gasteiger partial charge is 0.481 e. The zero-order valence-corrected chi connectivity index (χ0v) is 5.09. The lowest BCUT2D eigenvalue weighted by Crippen LogP contribution is -2.30. The molecule has 3 nitrogen and oxygen atoms in total. The van der Waals surface area contributed by atoms with E-state index < -0.39 is 11.9 Å². The third-order valence-corrected chi connectivity index (χ3v) is 1.18. The first-order chi connectivity index (χ1) is 3.55. The molecular formula is C5H11NO2. The van der Waals surface area contributed by atoms with Crippen LogP contribution < -0.4 is 5.73 Å². The van der Waals surface area contributed by atoms with Crippen molar-refractivity contribution in [1.29, 1.82) is 0 Å².